The number of nitrogens with zero attached hydrogens (tertiary/aromatic N) is 1. The lowest BCUT2D eigenvalue weighted by Gasteiger charge is -2.24. The summed E-state index contributed by atoms with van der Waals surface area (Å²) in [6.07, 6.45) is 1.85. The van der Waals surface area contributed by atoms with E-state index < -0.39 is 5.60 Å². The molecule has 1 saturated carbocycles. The van der Waals surface area contributed by atoms with E-state index in [1.54, 1.807) is 4.90 Å². The SMILES string of the molecule is CC(C)(C)OC(=O)N1CC[C@]2(C[C@@H]2CO)C1. The third kappa shape index (κ3) is 2.17. The average molecular weight is 227 g/mol. The number of hydrogen-bond acceptors (Lipinski definition) is 3. The van der Waals surface area contributed by atoms with Gasteiger partial charge in [-0.25, -0.2) is 4.79 Å². The van der Waals surface area contributed by atoms with Gasteiger partial charge in [0.05, 0.1) is 0 Å². The fourth-order valence-corrected chi connectivity index (χ4v) is 2.57. The maximum atomic E-state index is 11.8. The van der Waals surface area contributed by atoms with Gasteiger partial charge in [-0.05, 0) is 44.9 Å². The Hall–Kier alpha value is -0.770. The number of amides is 1. The Morgan fingerprint density at radius 2 is 2.25 bits per heavy atom. The topological polar surface area (TPSA) is 49.8 Å². The fraction of sp³-hybridized carbons (Fsp3) is 0.917. The van der Waals surface area contributed by atoms with E-state index >= 15 is 0 Å². The first-order chi connectivity index (χ1) is 7.36. The second kappa shape index (κ2) is 3.62. The van der Waals surface area contributed by atoms with E-state index in [0.717, 1.165) is 25.9 Å². The number of carbonyl (C=O) groups excluding carboxylic acids is 1. The summed E-state index contributed by atoms with van der Waals surface area (Å²) in [7, 11) is 0. The van der Waals surface area contributed by atoms with Gasteiger partial charge in [-0.15, -0.1) is 0 Å². The van der Waals surface area contributed by atoms with Crippen LogP contribution < -0.4 is 0 Å². The van der Waals surface area contributed by atoms with Crippen LogP contribution in [0.5, 0.6) is 0 Å². The Kier molecular flexibility index (Phi) is 2.65. The zero-order valence-electron chi connectivity index (χ0n) is 10.3. The number of aliphatic hydroxyl groups is 1. The lowest BCUT2D eigenvalue weighted by atomic mass is 10.0. The van der Waals surface area contributed by atoms with Gasteiger partial charge < -0.3 is 14.7 Å². The summed E-state index contributed by atoms with van der Waals surface area (Å²) in [5, 5.41) is 9.11. The van der Waals surface area contributed by atoms with Crippen molar-refractivity contribution < 1.29 is 14.6 Å². The van der Waals surface area contributed by atoms with Crippen molar-refractivity contribution in [1.29, 1.82) is 0 Å². The Bertz CT molecular complexity index is 297. The molecule has 92 valence electrons. The molecule has 2 atom stereocenters. The van der Waals surface area contributed by atoms with Crippen molar-refractivity contribution in [2.24, 2.45) is 11.3 Å². The Morgan fingerprint density at radius 1 is 1.56 bits per heavy atom. The summed E-state index contributed by atoms with van der Waals surface area (Å²) >= 11 is 0. The number of likely N-dealkylation sites (tertiary alicyclic amines) is 1. The summed E-state index contributed by atoms with van der Waals surface area (Å²) in [4.78, 5) is 13.6. The minimum Gasteiger partial charge on any atom is -0.444 e. The van der Waals surface area contributed by atoms with Crippen molar-refractivity contribution in [1.82, 2.24) is 4.90 Å². The van der Waals surface area contributed by atoms with Gasteiger partial charge >= 0.3 is 6.09 Å². The average Bonchev–Trinajstić information content (AvgIpc) is 2.62. The molecule has 2 aliphatic rings. The molecule has 1 amide bonds. The van der Waals surface area contributed by atoms with Crippen LogP contribution >= 0.6 is 0 Å². The van der Waals surface area contributed by atoms with Crippen molar-refractivity contribution >= 4 is 6.09 Å². The molecule has 0 aromatic carbocycles. The third-order valence-electron chi connectivity index (χ3n) is 3.62. The van der Waals surface area contributed by atoms with Gasteiger partial charge in [0, 0.05) is 19.7 Å². The van der Waals surface area contributed by atoms with Crippen molar-refractivity contribution in [2.75, 3.05) is 19.7 Å². The third-order valence-corrected chi connectivity index (χ3v) is 3.62. The molecule has 16 heavy (non-hydrogen) atoms. The molecule has 0 unspecified atom stereocenters. The number of carbonyl (C=O) groups is 1. The van der Waals surface area contributed by atoms with Crippen LogP contribution in [0.15, 0.2) is 0 Å². The van der Waals surface area contributed by atoms with Crippen LogP contribution in [0.3, 0.4) is 0 Å². The molecule has 0 radical (unpaired) electrons. The highest BCUT2D eigenvalue weighted by atomic mass is 16.6. The summed E-state index contributed by atoms with van der Waals surface area (Å²) < 4.78 is 5.34. The zero-order chi connectivity index (χ0) is 12.0. The highest BCUT2D eigenvalue weighted by molar-refractivity contribution is 5.68. The van der Waals surface area contributed by atoms with E-state index in [1.165, 1.54) is 0 Å². The summed E-state index contributed by atoms with van der Waals surface area (Å²) in [6, 6.07) is 0. The van der Waals surface area contributed by atoms with Crippen LogP contribution in [0.1, 0.15) is 33.6 Å². The molecule has 0 aromatic heterocycles. The van der Waals surface area contributed by atoms with E-state index in [1.807, 2.05) is 20.8 Å². The second-order valence-corrected chi connectivity index (χ2v) is 6.10. The Labute approximate surface area is 96.6 Å². The van der Waals surface area contributed by atoms with Gasteiger partial charge in [-0.1, -0.05) is 0 Å². The molecule has 1 aliphatic carbocycles. The first-order valence-corrected chi connectivity index (χ1v) is 5.95. The van der Waals surface area contributed by atoms with Gasteiger partial charge in [0.1, 0.15) is 5.60 Å². The van der Waals surface area contributed by atoms with Crippen molar-refractivity contribution in [3.8, 4) is 0 Å². The van der Waals surface area contributed by atoms with Crippen LogP contribution in [0.25, 0.3) is 0 Å². The van der Waals surface area contributed by atoms with E-state index in [9.17, 15) is 4.79 Å². The molecular weight excluding hydrogens is 206 g/mol. The van der Waals surface area contributed by atoms with E-state index in [4.69, 9.17) is 9.84 Å². The Morgan fingerprint density at radius 3 is 2.75 bits per heavy atom. The second-order valence-electron chi connectivity index (χ2n) is 6.10. The molecule has 2 rings (SSSR count). The summed E-state index contributed by atoms with van der Waals surface area (Å²) in [5.41, 5.74) is -0.210. The van der Waals surface area contributed by atoms with Crippen LogP contribution in [-0.2, 0) is 4.74 Å². The molecule has 4 heteroatoms. The number of aliphatic hydroxyl groups excluding tert-OH is 1. The first kappa shape index (κ1) is 11.7. The molecule has 1 spiro atoms. The molecular formula is C12H21NO3. The molecule has 1 heterocycles. The maximum Gasteiger partial charge on any atom is 0.410 e. The molecule has 1 aliphatic heterocycles. The largest absolute Gasteiger partial charge is 0.444 e. The minimum atomic E-state index is -0.424. The minimum absolute atomic E-state index is 0.214. The lowest BCUT2D eigenvalue weighted by molar-refractivity contribution is 0.0283. The van der Waals surface area contributed by atoms with Crippen molar-refractivity contribution in [3.05, 3.63) is 0 Å². The van der Waals surface area contributed by atoms with Crippen LogP contribution in [-0.4, -0.2) is 41.4 Å². The number of rotatable bonds is 1. The standard InChI is InChI=1S/C12H21NO3/c1-11(2,3)16-10(15)13-5-4-12(8-13)6-9(12)7-14/h9,14H,4-8H2,1-3H3/t9-,12+/m1/s1. The van der Waals surface area contributed by atoms with E-state index in [2.05, 4.69) is 0 Å². The highest BCUT2D eigenvalue weighted by Gasteiger charge is 2.57. The highest BCUT2D eigenvalue weighted by Crippen LogP contribution is 2.58. The Balaban J connectivity index is 1.88. The van der Waals surface area contributed by atoms with Crippen LogP contribution in [0.4, 0.5) is 4.79 Å². The van der Waals surface area contributed by atoms with Gasteiger partial charge in [0.25, 0.3) is 0 Å². The predicted octanol–water partition coefficient (Wildman–Crippen LogP) is 1.63. The first-order valence-electron chi connectivity index (χ1n) is 5.95. The zero-order valence-corrected chi connectivity index (χ0v) is 10.3. The maximum absolute atomic E-state index is 11.8. The smallest absolute Gasteiger partial charge is 0.410 e. The molecule has 1 N–H and O–H groups in total. The normalized spacial score (nSPS) is 33.2. The monoisotopic (exact) mass is 227 g/mol. The van der Waals surface area contributed by atoms with Gasteiger partial charge in [0.15, 0.2) is 0 Å². The van der Waals surface area contributed by atoms with E-state index in [-0.39, 0.29) is 18.1 Å². The molecule has 1 saturated heterocycles. The summed E-state index contributed by atoms with van der Waals surface area (Å²) in [5.74, 6) is 0.403. The van der Waals surface area contributed by atoms with Crippen LogP contribution in [0, 0.1) is 11.3 Å². The van der Waals surface area contributed by atoms with Crippen molar-refractivity contribution in [3.63, 3.8) is 0 Å². The molecule has 0 bridgehead atoms. The summed E-state index contributed by atoms with van der Waals surface area (Å²) in [6.45, 7) is 7.42. The molecule has 0 aromatic rings. The van der Waals surface area contributed by atoms with Gasteiger partial charge in [0.2, 0.25) is 0 Å². The predicted molar refractivity (Wildman–Crippen MR) is 60.0 cm³/mol. The molecule has 2 fully saturated rings. The van der Waals surface area contributed by atoms with Crippen LogP contribution in [0.2, 0.25) is 0 Å². The molecule has 4 nitrogen and oxygen atoms in total. The van der Waals surface area contributed by atoms with Gasteiger partial charge in [-0.2, -0.15) is 0 Å². The number of hydrogen-bond donors (Lipinski definition) is 1. The van der Waals surface area contributed by atoms with Crippen molar-refractivity contribution in [2.45, 2.75) is 39.2 Å². The number of ether oxygens (including phenoxy) is 1. The van der Waals surface area contributed by atoms with Gasteiger partial charge in [-0.3, -0.25) is 0 Å². The van der Waals surface area contributed by atoms with E-state index in [0.29, 0.717) is 5.92 Å². The lowest BCUT2D eigenvalue weighted by Crippen LogP contribution is -2.35. The fourth-order valence-electron chi connectivity index (χ4n) is 2.57. The quantitative estimate of drug-likeness (QED) is 0.740.